The van der Waals surface area contributed by atoms with Gasteiger partial charge < -0.3 is 5.32 Å². The summed E-state index contributed by atoms with van der Waals surface area (Å²) in [5.41, 5.74) is 0.698. The van der Waals surface area contributed by atoms with E-state index < -0.39 is 0 Å². The average Bonchev–Trinajstić information content (AvgIpc) is 2.57. The van der Waals surface area contributed by atoms with E-state index in [1.165, 1.54) is 64.3 Å². The van der Waals surface area contributed by atoms with Gasteiger partial charge in [-0.3, -0.25) is 0 Å². The maximum absolute atomic E-state index is 3.65. The Bertz CT molecular complexity index is 166. The number of nitrogens with one attached hydrogen (secondary N) is 1. The van der Waals surface area contributed by atoms with Gasteiger partial charge in [-0.1, -0.05) is 38.5 Å². The minimum atomic E-state index is 0.698. The highest BCUT2D eigenvalue weighted by Gasteiger charge is 2.36. The molecule has 1 heteroatoms. The predicted octanol–water partition coefficient (Wildman–Crippen LogP) is 3.49. The molecule has 1 N–H and O–H groups in total. The Labute approximate surface area is 88.7 Å². The van der Waals surface area contributed by atoms with Crippen LogP contribution in [0.5, 0.6) is 0 Å². The fraction of sp³-hybridized carbons (Fsp3) is 1.00. The molecule has 2 aliphatic rings. The Morgan fingerprint density at radius 1 is 0.929 bits per heavy atom. The first-order valence-corrected chi connectivity index (χ1v) is 6.54. The molecule has 2 rings (SSSR count). The average molecular weight is 195 g/mol. The lowest BCUT2D eigenvalue weighted by molar-refractivity contribution is 0.254. The summed E-state index contributed by atoms with van der Waals surface area (Å²) >= 11 is 0. The molecule has 14 heavy (non-hydrogen) atoms. The SMILES string of the molecule is CC1CC2(CCCCCCCC2)CN1. The molecule has 0 aromatic carbocycles. The molecule has 0 amide bonds. The van der Waals surface area contributed by atoms with E-state index in [1.54, 1.807) is 0 Å². The summed E-state index contributed by atoms with van der Waals surface area (Å²) in [6, 6.07) is 0.774. The zero-order valence-corrected chi connectivity index (χ0v) is 9.65. The Morgan fingerprint density at radius 3 is 2.00 bits per heavy atom. The summed E-state index contributed by atoms with van der Waals surface area (Å²) in [6.45, 7) is 3.65. The molecule has 1 saturated carbocycles. The molecule has 1 heterocycles. The minimum Gasteiger partial charge on any atom is -0.314 e. The lowest BCUT2D eigenvalue weighted by Gasteiger charge is -2.28. The largest absolute Gasteiger partial charge is 0.314 e. The maximum Gasteiger partial charge on any atom is 0.00447 e. The van der Waals surface area contributed by atoms with E-state index in [0.29, 0.717) is 5.41 Å². The van der Waals surface area contributed by atoms with Crippen LogP contribution in [0.3, 0.4) is 0 Å². The van der Waals surface area contributed by atoms with Crippen molar-refractivity contribution in [2.45, 2.75) is 70.8 Å². The first-order valence-electron chi connectivity index (χ1n) is 6.54. The first-order chi connectivity index (χ1) is 6.81. The van der Waals surface area contributed by atoms with Crippen LogP contribution in [0.25, 0.3) is 0 Å². The van der Waals surface area contributed by atoms with E-state index in [9.17, 15) is 0 Å². The van der Waals surface area contributed by atoms with Crippen LogP contribution in [-0.4, -0.2) is 12.6 Å². The topological polar surface area (TPSA) is 12.0 Å². The zero-order chi connectivity index (χ0) is 9.86. The Hall–Kier alpha value is -0.0400. The molecule has 0 aromatic heterocycles. The molecule has 1 nitrogen and oxygen atoms in total. The van der Waals surface area contributed by atoms with Crippen LogP contribution < -0.4 is 5.32 Å². The standard InChI is InChI=1S/C13H25N/c1-12-10-13(11-14-12)8-6-4-2-3-5-7-9-13/h12,14H,2-11H2,1H3. The van der Waals surface area contributed by atoms with Crippen LogP contribution >= 0.6 is 0 Å². The second-order valence-corrected chi connectivity index (χ2v) is 5.61. The van der Waals surface area contributed by atoms with Crippen molar-refractivity contribution in [3.63, 3.8) is 0 Å². The van der Waals surface area contributed by atoms with Gasteiger partial charge in [0.25, 0.3) is 0 Å². The van der Waals surface area contributed by atoms with Gasteiger partial charge in [0.05, 0.1) is 0 Å². The van der Waals surface area contributed by atoms with Gasteiger partial charge in [-0.15, -0.1) is 0 Å². The van der Waals surface area contributed by atoms with Gasteiger partial charge in [0, 0.05) is 12.6 Å². The third-order valence-corrected chi connectivity index (χ3v) is 4.23. The molecule has 1 unspecified atom stereocenters. The van der Waals surface area contributed by atoms with Gasteiger partial charge in [-0.2, -0.15) is 0 Å². The number of hydrogen-bond acceptors (Lipinski definition) is 1. The van der Waals surface area contributed by atoms with Crippen molar-refractivity contribution in [1.29, 1.82) is 0 Å². The van der Waals surface area contributed by atoms with Gasteiger partial charge in [0.1, 0.15) is 0 Å². The molecule has 1 saturated heterocycles. The summed E-state index contributed by atoms with van der Waals surface area (Å²) < 4.78 is 0. The van der Waals surface area contributed by atoms with E-state index >= 15 is 0 Å². The Balaban J connectivity index is 1.93. The first kappa shape index (κ1) is 10.5. The van der Waals surface area contributed by atoms with Crippen LogP contribution in [0.1, 0.15) is 64.7 Å². The van der Waals surface area contributed by atoms with Gasteiger partial charge in [-0.05, 0) is 31.6 Å². The Kier molecular flexibility index (Phi) is 3.48. The van der Waals surface area contributed by atoms with Crippen molar-refractivity contribution in [2.24, 2.45) is 5.41 Å². The normalized spacial score (nSPS) is 33.6. The highest BCUT2D eigenvalue weighted by molar-refractivity contribution is 4.92. The second-order valence-electron chi connectivity index (χ2n) is 5.61. The molecule has 82 valence electrons. The predicted molar refractivity (Wildman–Crippen MR) is 61.5 cm³/mol. The van der Waals surface area contributed by atoms with Crippen molar-refractivity contribution in [3.8, 4) is 0 Å². The molecule has 0 aromatic rings. The van der Waals surface area contributed by atoms with Gasteiger partial charge in [-0.25, -0.2) is 0 Å². The van der Waals surface area contributed by atoms with Crippen molar-refractivity contribution in [2.75, 3.05) is 6.54 Å². The van der Waals surface area contributed by atoms with Gasteiger partial charge in [0.2, 0.25) is 0 Å². The lowest BCUT2D eigenvalue weighted by Crippen LogP contribution is -2.24. The van der Waals surface area contributed by atoms with Crippen LogP contribution in [0.4, 0.5) is 0 Å². The fourth-order valence-electron chi connectivity index (χ4n) is 3.40. The maximum atomic E-state index is 3.65. The molecule has 2 fully saturated rings. The van der Waals surface area contributed by atoms with Gasteiger partial charge >= 0.3 is 0 Å². The summed E-state index contributed by atoms with van der Waals surface area (Å²) in [5, 5.41) is 3.65. The molecule has 1 atom stereocenters. The zero-order valence-electron chi connectivity index (χ0n) is 9.65. The minimum absolute atomic E-state index is 0.698. The van der Waals surface area contributed by atoms with E-state index in [0.717, 1.165) is 6.04 Å². The highest BCUT2D eigenvalue weighted by atomic mass is 15.0. The Morgan fingerprint density at radius 2 is 1.50 bits per heavy atom. The molecule has 1 spiro atoms. The van der Waals surface area contributed by atoms with Crippen LogP contribution in [-0.2, 0) is 0 Å². The second kappa shape index (κ2) is 4.65. The third-order valence-electron chi connectivity index (χ3n) is 4.23. The number of hydrogen-bond donors (Lipinski definition) is 1. The fourth-order valence-corrected chi connectivity index (χ4v) is 3.40. The summed E-state index contributed by atoms with van der Waals surface area (Å²) in [4.78, 5) is 0. The van der Waals surface area contributed by atoms with E-state index in [2.05, 4.69) is 12.2 Å². The molecule has 1 aliphatic heterocycles. The van der Waals surface area contributed by atoms with Crippen molar-refractivity contribution < 1.29 is 0 Å². The van der Waals surface area contributed by atoms with E-state index in [-0.39, 0.29) is 0 Å². The molecular weight excluding hydrogens is 170 g/mol. The highest BCUT2D eigenvalue weighted by Crippen LogP contribution is 2.40. The van der Waals surface area contributed by atoms with E-state index in [1.807, 2.05) is 0 Å². The smallest absolute Gasteiger partial charge is 0.00447 e. The van der Waals surface area contributed by atoms with Crippen LogP contribution in [0.2, 0.25) is 0 Å². The van der Waals surface area contributed by atoms with Crippen LogP contribution in [0.15, 0.2) is 0 Å². The summed E-state index contributed by atoms with van der Waals surface area (Å²) in [6.07, 6.45) is 13.3. The summed E-state index contributed by atoms with van der Waals surface area (Å²) in [7, 11) is 0. The summed E-state index contributed by atoms with van der Waals surface area (Å²) in [5.74, 6) is 0. The van der Waals surface area contributed by atoms with Gasteiger partial charge in [0.15, 0.2) is 0 Å². The lowest BCUT2D eigenvalue weighted by atomic mass is 9.77. The van der Waals surface area contributed by atoms with Crippen molar-refractivity contribution in [3.05, 3.63) is 0 Å². The van der Waals surface area contributed by atoms with Crippen LogP contribution in [0, 0.1) is 5.41 Å². The molecular formula is C13H25N. The third kappa shape index (κ3) is 2.50. The monoisotopic (exact) mass is 195 g/mol. The quantitative estimate of drug-likeness (QED) is 0.624. The molecule has 0 radical (unpaired) electrons. The molecule has 0 bridgehead atoms. The molecule has 1 aliphatic carbocycles. The van der Waals surface area contributed by atoms with Crippen molar-refractivity contribution >= 4 is 0 Å². The number of rotatable bonds is 0. The van der Waals surface area contributed by atoms with E-state index in [4.69, 9.17) is 0 Å². The van der Waals surface area contributed by atoms with Crippen molar-refractivity contribution in [1.82, 2.24) is 5.32 Å².